The maximum atomic E-state index is 11.7. The molecule has 0 saturated heterocycles. The standard InChI is InChI=1S/C18H14O5/c19-15-7-1-13(2-8-15)6-12-18(22)23-16-9-3-14(4-10-16)5-11-17(20)21/h1-12,19H,(H,20,21)/b11-5+,12-6+. The fourth-order valence-corrected chi connectivity index (χ4v) is 1.71. The van der Waals surface area contributed by atoms with Gasteiger partial charge in [-0.3, -0.25) is 0 Å². The van der Waals surface area contributed by atoms with E-state index in [-0.39, 0.29) is 5.75 Å². The molecule has 0 fully saturated rings. The number of hydrogen-bond donors (Lipinski definition) is 2. The van der Waals surface area contributed by atoms with Gasteiger partial charge in [0.05, 0.1) is 0 Å². The lowest BCUT2D eigenvalue weighted by molar-refractivity contribution is -0.131. The molecule has 2 N–H and O–H groups in total. The lowest BCUT2D eigenvalue weighted by Crippen LogP contribution is -2.03. The van der Waals surface area contributed by atoms with E-state index < -0.39 is 11.9 Å². The van der Waals surface area contributed by atoms with Crippen molar-refractivity contribution in [2.45, 2.75) is 0 Å². The summed E-state index contributed by atoms with van der Waals surface area (Å²) in [5.74, 6) is -1.05. The van der Waals surface area contributed by atoms with Crippen LogP contribution in [-0.4, -0.2) is 22.2 Å². The number of carbonyl (C=O) groups is 2. The summed E-state index contributed by atoms with van der Waals surface area (Å²) in [6.07, 6.45) is 5.33. The molecule has 0 unspecified atom stereocenters. The highest BCUT2D eigenvalue weighted by Gasteiger charge is 2.00. The van der Waals surface area contributed by atoms with Crippen LogP contribution in [0.4, 0.5) is 0 Å². The third-order valence-corrected chi connectivity index (χ3v) is 2.82. The van der Waals surface area contributed by atoms with Gasteiger partial charge in [0.1, 0.15) is 11.5 Å². The maximum Gasteiger partial charge on any atom is 0.336 e. The molecule has 0 radical (unpaired) electrons. The summed E-state index contributed by atoms with van der Waals surface area (Å²) in [4.78, 5) is 22.1. The number of carboxylic acid groups (broad SMARTS) is 1. The molecule has 0 saturated carbocycles. The van der Waals surface area contributed by atoms with Crippen molar-refractivity contribution in [2.24, 2.45) is 0 Å². The van der Waals surface area contributed by atoms with Gasteiger partial charge < -0.3 is 14.9 Å². The van der Waals surface area contributed by atoms with Crippen molar-refractivity contribution in [1.29, 1.82) is 0 Å². The molecule has 2 aromatic carbocycles. The Labute approximate surface area is 132 Å². The molecule has 0 aromatic heterocycles. The van der Waals surface area contributed by atoms with Crippen molar-refractivity contribution in [1.82, 2.24) is 0 Å². The van der Waals surface area contributed by atoms with Crippen LogP contribution in [0.25, 0.3) is 12.2 Å². The van der Waals surface area contributed by atoms with Crippen LogP contribution < -0.4 is 4.74 Å². The summed E-state index contributed by atoms with van der Waals surface area (Å²) >= 11 is 0. The summed E-state index contributed by atoms with van der Waals surface area (Å²) in [7, 11) is 0. The van der Waals surface area contributed by atoms with E-state index in [1.165, 1.54) is 24.3 Å². The normalized spacial score (nSPS) is 11.0. The molecule has 5 nitrogen and oxygen atoms in total. The van der Waals surface area contributed by atoms with E-state index in [0.29, 0.717) is 11.3 Å². The number of benzene rings is 2. The van der Waals surface area contributed by atoms with Crippen molar-refractivity contribution in [3.63, 3.8) is 0 Å². The van der Waals surface area contributed by atoms with Gasteiger partial charge in [0, 0.05) is 12.2 Å². The second-order valence-corrected chi connectivity index (χ2v) is 4.59. The van der Waals surface area contributed by atoms with Gasteiger partial charge >= 0.3 is 11.9 Å². The molecular formula is C18H14O5. The monoisotopic (exact) mass is 310 g/mol. The van der Waals surface area contributed by atoms with Crippen molar-refractivity contribution < 1.29 is 24.5 Å². The second-order valence-electron chi connectivity index (χ2n) is 4.59. The molecule has 0 amide bonds. The minimum absolute atomic E-state index is 0.154. The van der Waals surface area contributed by atoms with Crippen LogP contribution in [-0.2, 0) is 9.59 Å². The highest BCUT2D eigenvalue weighted by atomic mass is 16.5. The van der Waals surface area contributed by atoms with Crippen molar-refractivity contribution in [3.8, 4) is 11.5 Å². The first-order valence-corrected chi connectivity index (χ1v) is 6.73. The van der Waals surface area contributed by atoms with E-state index in [4.69, 9.17) is 14.9 Å². The molecule has 0 atom stereocenters. The van der Waals surface area contributed by atoms with Crippen molar-refractivity contribution in [2.75, 3.05) is 0 Å². The topological polar surface area (TPSA) is 83.8 Å². The molecule has 0 aliphatic heterocycles. The highest BCUT2D eigenvalue weighted by molar-refractivity contribution is 5.89. The van der Waals surface area contributed by atoms with Crippen LogP contribution in [0, 0.1) is 0 Å². The number of rotatable bonds is 5. The number of aromatic hydroxyl groups is 1. The Morgan fingerprint density at radius 2 is 1.35 bits per heavy atom. The Bertz CT molecular complexity index is 740. The Morgan fingerprint density at radius 3 is 1.91 bits per heavy atom. The van der Waals surface area contributed by atoms with E-state index in [1.54, 1.807) is 42.5 Å². The third kappa shape index (κ3) is 5.51. The van der Waals surface area contributed by atoms with E-state index in [1.807, 2.05) is 0 Å². The zero-order valence-electron chi connectivity index (χ0n) is 12.0. The summed E-state index contributed by atoms with van der Waals surface area (Å²) in [6, 6.07) is 12.8. The number of ether oxygens (including phenoxy) is 1. The summed E-state index contributed by atoms with van der Waals surface area (Å²) in [5.41, 5.74) is 1.45. The maximum absolute atomic E-state index is 11.7. The lowest BCUT2D eigenvalue weighted by atomic mass is 10.2. The Hall–Kier alpha value is -3.34. The molecule has 2 rings (SSSR count). The molecule has 23 heavy (non-hydrogen) atoms. The number of carbonyl (C=O) groups excluding carboxylic acids is 1. The van der Waals surface area contributed by atoms with Crippen molar-refractivity contribution >= 4 is 24.1 Å². The summed E-state index contributed by atoms with van der Waals surface area (Å²) in [5, 5.41) is 17.7. The van der Waals surface area contributed by atoms with Gasteiger partial charge in [0.25, 0.3) is 0 Å². The highest BCUT2D eigenvalue weighted by Crippen LogP contribution is 2.14. The quantitative estimate of drug-likeness (QED) is 0.503. The zero-order chi connectivity index (χ0) is 16.7. The molecule has 0 heterocycles. The second kappa shape index (κ2) is 7.61. The molecular weight excluding hydrogens is 296 g/mol. The Balaban J connectivity index is 1.94. The van der Waals surface area contributed by atoms with Gasteiger partial charge in [-0.25, -0.2) is 9.59 Å². The fourth-order valence-electron chi connectivity index (χ4n) is 1.71. The van der Waals surface area contributed by atoms with Gasteiger partial charge in [0.2, 0.25) is 0 Å². The van der Waals surface area contributed by atoms with E-state index in [9.17, 15) is 9.59 Å². The van der Waals surface area contributed by atoms with Gasteiger partial charge in [-0.1, -0.05) is 24.3 Å². The van der Waals surface area contributed by atoms with Gasteiger partial charge in [0.15, 0.2) is 0 Å². The first kappa shape index (κ1) is 16.0. The smallest absolute Gasteiger partial charge is 0.336 e. The minimum Gasteiger partial charge on any atom is -0.508 e. The minimum atomic E-state index is -1.03. The Morgan fingerprint density at radius 1 is 0.826 bits per heavy atom. The van der Waals surface area contributed by atoms with Crippen LogP contribution in [0.3, 0.4) is 0 Å². The fraction of sp³-hybridized carbons (Fsp3) is 0. The Kier molecular flexibility index (Phi) is 5.30. The average Bonchev–Trinajstić information content (AvgIpc) is 2.53. The van der Waals surface area contributed by atoms with E-state index in [0.717, 1.165) is 11.6 Å². The molecule has 0 aliphatic rings. The molecule has 0 aliphatic carbocycles. The SMILES string of the molecule is O=C(O)/C=C/c1ccc(OC(=O)/C=C/c2ccc(O)cc2)cc1. The summed E-state index contributed by atoms with van der Waals surface area (Å²) in [6.45, 7) is 0. The molecule has 0 bridgehead atoms. The number of phenolic OH excluding ortho intramolecular Hbond substituents is 1. The number of hydrogen-bond acceptors (Lipinski definition) is 4. The lowest BCUT2D eigenvalue weighted by Gasteiger charge is -2.01. The van der Waals surface area contributed by atoms with Crippen molar-refractivity contribution in [3.05, 3.63) is 71.8 Å². The van der Waals surface area contributed by atoms with Crippen LogP contribution in [0.2, 0.25) is 0 Å². The largest absolute Gasteiger partial charge is 0.508 e. The average molecular weight is 310 g/mol. The predicted octanol–water partition coefficient (Wildman–Crippen LogP) is 3.11. The van der Waals surface area contributed by atoms with Crippen LogP contribution in [0.5, 0.6) is 11.5 Å². The first-order valence-electron chi connectivity index (χ1n) is 6.73. The van der Waals surface area contributed by atoms with Gasteiger partial charge in [-0.05, 0) is 47.5 Å². The van der Waals surface area contributed by atoms with Gasteiger partial charge in [-0.2, -0.15) is 0 Å². The van der Waals surface area contributed by atoms with Crippen LogP contribution >= 0.6 is 0 Å². The van der Waals surface area contributed by atoms with Gasteiger partial charge in [-0.15, -0.1) is 0 Å². The molecule has 5 heteroatoms. The van der Waals surface area contributed by atoms with E-state index >= 15 is 0 Å². The first-order chi connectivity index (χ1) is 11.0. The molecule has 0 spiro atoms. The number of phenols is 1. The number of carboxylic acids is 1. The molecule has 116 valence electrons. The summed E-state index contributed by atoms with van der Waals surface area (Å²) < 4.78 is 5.12. The zero-order valence-corrected chi connectivity index (χ0v) is 12.0. The van der Waals surface area contributed by atoms with Crippen LogP contribution in [0.15, 0.2) is 60.7 Å². The molecule has 2 aromatic rings. The predicted molar refractivity (Wildman–Crippen MR) is 85.9 cm³/mol. The number of esters is 1. The third-order valence-electron chi connectivity index (χ3n) is 2.82. The number of aliphatic carboxylic acids is 1. The van der Waals surface area contributed by atoms with E-state index in [2.05, 4.69) is 0 Å². The van der Waals surface area contributed by atoms with Crippen LogP contribution in [0.1, 0.15) is 11.1 Å².